The van der Waals surface area contributed by atoms with Crippen LogP contribution in [0.4, 0.5) is 0 Å². The van der Waals surface area contributed by atoms with Gasteiger partial charge in [-0.1, -0.05) is 0 Å². The van der Waals surface area contributed by atoms with Gasteiger partial charge in [-0.2, -0.15) is 0 Å². The minimum atomic E-state index is -1.16. The minimum absolute atomic E-state index is 0.0847. The van der Waals surface area contributed by atoms with Crippen LogP contribution in [0, 0.1) is 0 Å². The summed E-state index contributed by atoms with van der Waals surface area (Å²) >= 11 is 5.52. The van der Waals surface area contributed by atoms with E-state index in [1.165, 1.54) is 21.3 Å². The van der Waals surface area contributed by atoms with Crippen LogP contribution in [0.3, 0.4) is 0 Å². The van der Waals surface area contributed by atoms with Crippen LogP contribution in [-0.2, 0) is 0 Å². The maximum atomic E-state index is 9.97. The number of hydrogen-bond acceptors (Lipinski definition) is 5. The highest BCUT2D eigenvalue weighted by atomic mass is 35.5. The number of benzene rings is 1. The molecule has 0 fully saturated rings. The van der Waals surface area contributed by atoms with Crippen LogP contribution in [0.2, 0.25) is 0 Å². The Hall–Kier alpha value is -1.17. The molecule has 0 bridgehead atoms. The van der Waals surface area contributed by atoms with E-state index in [1.807, 2.05) is 0 Å². The lowest BCUT2D eigenvalue weighted by atomic mass is 10.0. The molecule has 1 aromatic carbocycles. The van der Waals surface area contributed by atoms with Crippen LogP contribution in [0.5, 0.6) is 17.2 Å². The number of ether oxygens (including phenoxy) is 3. The second-order valence-electron chi connectivity index (χ2n) is 3.59. The van der Waals surface area contributed by atoms with E-state index in [-0.39, 0.29) is 5.88 Å². The first-order chi connectivity index (χ1) is 8.60. The van der Waals surface area contributed by atoms with Gasteiger partial charge in [-0.3, -0.25) is 0 Å². The van der Waals surface area contributed by atoms with Crippen LogP contribution in [0.15, 0.2) is 12.1 Å². The Bertz CT molecular complexity index is 396. The van der Waals surface area contributed by atoms with Crippen LogP contribution >= 0.6 is 11.6 Å². The molecule has 0 radical (unpaired) electrons. The summed E-state index contributed by atoms with van der Waals surface area (Å²) in [6, 6.07) is 3.22. The van der Waals surface area contributed by atoms with Gasteiger partial charge >= 0.3 is 0 Å². The summed E-state index contributed by atoms with van der Waals surface area (Å²) in [4.78, 5) is 0. The predicted molar refractivity (Wildman–Crippen MR) is 67.8 cm³/mol. The zero-order chi connectivity index (χ0) is 13.7. The van der Waals surface area contributed by atoms with Gasteiger partial charge in [0.1, 0.15) is 6.10 Å². The molecule has 1 aromatic rings. The Morgan fingerprint density at radius 3 is 2.11 bits per heavy atom. The molecule has 2 N–H and O–H groups in total. The lowest BCUT2D eigenvalue weighted by Crippen LogP contribution is -2.20. The van der Waals surface area contributed by atoms with Crippen LogP contribution < -0.4 is 14.2 Å². The summed E-state index contributed by atoms with van der Waals surface area (Å²) < 4.78 is 15.5. The number of hydrogen-bond donors (Lipinski definition) is 2. The van der Waals surface area contributed by atoms with Gasteiger partial charge in [0, 0.05) is 5.56 Å². The van der Waals surface area contributed by atoms with Crippen molar-refractivity contribution in [2.75, 3.05) is 27.2 Å². The highest BCUT2D eigenvalue weighted by Crippen LogP contribution is 2.42. The SMILES string of the molecule is COc1ccc(C(O)C(O)CCl)c(OC)c1OC. The van der Waals surface area contributed by atoms with Crippen molar-refractivity contribution in [3.63, 3.8) is 0 Å². The number of alkyl halides is 1. The van der Waals surface area contributed by atoms with Crippen molar-refractivity contribution in [1.29, 1.82) is 0 Å². The molecule has 0 spiro atoms. The van der Waals surface area contributed by atoms with Gasteiger partial charge in [0.05, 0.1) is 33.3 Å². The number of aliphatic hydroxyl groups excluding tert-OH is 2. The van der Waals surface area contributed by atoms with Crippen molar-refractivity contribution in [2.45, 2.75) is 12.2 Å². The fourth-order valence-electron chi connectivity index (χ4n) is 1.65. The molecule has 5 nitrogen and oxygen atoms in total. The van der Waals surface area contributed by atoms with E-state index in [0.717, 1.165) is 0 Å². The van der Waals surface area contributed by atoms with E-state index >= 15 is 0 Å². The van der Waals surface area contributed by atoms with Crippen molar-refractivity contribution < 1.29 is 24.4 Å². The lowest BCUT2D eigenvalue weighted by Gasteiger charge is -2.21. The molecular formula is C12H17ClO5. The first kappa shape index (κ1) is 14.9. The molecule has 0 aliphatic heterocycles. The molecule has 102 valence electrons. The molecule has 1 rings (SSSR count). The highest BCUT2D eigenvalue weighted by Gasteiger charge is 2.25. The Morgan fingerprint density at radius 2 is 1.67 bits per heavy atom. The fraction of sp³-hybridized carbons (Fsp3) is 0.500. The summed E-state index contributed by atoms with van der Waals surface area (Å²) in [6.07, 6.45) is -2.24. The third-order valence-electron chi connectivity index (χ3n) is 2.58. The Morgan fingerprint density at radius 1 is 1.06 bits per heavy atom. The largest absolute Gasteiger partial charge is 0.493 e. The van der Waals surface area contributed by atoms with Crippen molar-refractivity contribution in [1.82, 2.24) is 0 Å². The molecule has 0 saturated heterocycles. The Labute approximate surface area is 111 Å². The van der Waals surface area contributed by atoms with Crippen LogP contribution in [0.25, 0.3) is 0 Å². The molecular weight excluding hydrogens is 260 g/mol. The van der Waals surface area contributed by atoms with Crippen molar-refractivity contribution in [3.8, 4) is 17.2 Å². The summed E-state index contributed by atoms with van der Waals surface area (Å²) in [7, 11) is 4.41. The van der Waals surface area contributed by atoms with E-state index < -0.39 is 12.2 Å². The number of methoxy groups -OCH3 is 3. The normalized spacial score (nSPS) is 13.9. The zero-order valence-electron chi connectivity index (χ0n) is 10.5. The van der Waals surface area contributed by atoms with Gasteiger partial charge in [-0.25, -0.2) is 0 Å². The second kappa shape index (κ2) is 6.68. The van der Waals surface area contributed by atoms with Crippen molar-refractivity contribution in [2.24, 2.45) is 0 Å². The van der Waals surface area contributed by atoms with Gasteiger partial charge in [0.15, 0.2) is 11.5 Å². The molecule has 0 heterocycles. The van der Waals surface area contributed by atoms with E-state index in [0.29, 0.717) is 22.8 Å². The van der Waals surface area contributed by atoms with Crippen molar-refractivity contribution >= 4 is 11.6 Å². The molecule has 0 amide bonds. The molecule has 18 heavy (non-hydrogen) atoms. The van der Waals surface area contributed by atoms with Gasteiger partial charge in [-0.15, -0.1) is 11.6 Å². The summed E-state index contributed by atoms with van der Waals surface area (Å²) in [6.45, 7) is 0. The second-order valence-corrected chi connectivity index (χ2v) is 3.90. The molecule has 0 aliphatic rings. The maximum Gasteiger partial charge on any atom is 0.203 e. The molecule has 0 aliphatic carbocycles. The average molecular weight is 277 g/mol. The van der Waals surface area contributed by atoms with Gasteiger partial charge in [0.25, 0.3) is 0 Å². The van der Waals surface area contributed by atoms with Crippen molar-refractivity contribution in [3.05, 3.63) is 17.7 Å². The van der Waals surface area contributed by atoms with Gasteiger partial charge in [0.2, 0.25) is 5.75 Å². The maximum absolute atomic E-state index is 9.97. The monoisotopic (exact) mass is 276 g/mol. The quantitative estimate of drug-likeness (QED) is 0.768. The van der Waals surface area contributed by atoms with Crippen LogP contribution in [-0.4, -0.2) is 43.5 Å². The third kappa shape index (κ3) is 2.80. The number of halogens is 1. The van der Waals surface area contributed by atoms with Crippen LogP contribution in [0.1, 0.15) is 11.7 Å². The topological polar surface area (TPSA) is 68.2 Å². The lowest BCUT2D eigenvalue weighted by molar-refractivity contribution is 0.0309. The predicted octanol–water partition coefficient (Wildman–Crippen LogP) is 1.35. The third-order valence-corrected chi connectivity index (χ3v) is 2.89. The van der Waals surface area contributed by atoms with E-state index in [9.17, 15) is 10.2 Å². The first-order valence-corrected chi connectivity index (χ1v) is 5.85. The summed E-state index contributed by atoms with van der Waals surface area (Å²) in [5.41, 5.74) is 0.392. The Balaban J connectivity index is 3.28. The number of aliphatic hydroxyl groups is 2. The van der Waals surface area contributed by atoms with Gasteiger partial charge < -0.3 is 24.4 Å². The molecule has 0 aromatic heterocycles. The molecule has 2 atom stereocenters. The fourth-order valence-corrected chi connectivity index (χ4v) is 1.82. The van der Waals surface area contributed by atoms with E-state index in [4.69, 9.17) is 25.8 Å². The van der Waals surface area contributed by atoms with E-state index in [1.54, 1.807) is 12.1 Å². The number of rotatable bonds is 6. The highest BCUT2D eigenvalue weighted by molar-refractivity contribution is 6.18. The minimum Gasteiger partial charge on any atom is -0.493 e. The van der Waals surface area contributed by atoms with E-state index in [2.05, 4.69) is 0 Å². The molecule has 6 heteroatoms. The molecule has 2 unspecified atom stereocenters. The standard InChI is InChI=1S/C12H17ClO5/c1-16-9-5-4-7(10(15)8(14)6-13)11(17-2)12(9)18-3/h4-5,8,10,14-15H,6H2,1-3H3. The summed E-state index contributed by atoms with van der Waals surface area (Å²) in [5, 5.41) is 19.6. The van der Waals surface area contributed by atoms with Gasteiger partial charge in [-0.05, 0) is 12.1 Å². The molecule has 0 saturated carbocycles. The smallest absolute Gasteiger partial charge is 0.203 e. The first-order valence-electron chi connectivity index (χ1n) is 5.31. The zero-order valence-corrected chi connectivity index (χ0v) is 11.3. The Kier molecular flexibility index (Phi) is 5.53. The average Bonchev–Trinajstić information content (AvgIpc) is 2.43. The summed E-state index contributed by atoms with van der Waals surface area (Å²) in [5.74, 6) is 1.07.